The van der Waals surface area contributed by atoms with Gasteiger partial charge in [0.15, 0.2) is 5.82 Å². The molecule has 1 aromatic carbocycles. The summed E-state index contributed by atoms with van der Waals surface area (Å²) in [5.41, 5.74) is 1.65. The van der Waals surface area contributed by atoms with E-state index in [0.717, 1.165) is 37.4 Å². The van der Waals surface area contributed by atoms with Gasteiger partial charge in [-0.15, -0.1) is 0 Å². The molecule has 23 heavy (non-hydrogen) atoms. The Balaban J connectivity index is 1.59. The number of halogens is 1. The number of aromatic nitrogens is 3. The Bertz CT molecular complexity index is 695. The number of ether oxygens (including phenoxy) is 1. The number of nitrogens with one attached hydrogen (secondary N) is 2. The van der Waals surface area contributed by atoms with Crippen LogP contribution in [0.1, 0.15) is 36.0 Å². The first-order valence-electron chi connectivity index (χ1n) is 7.67. The second kappa shape index (κ2) is 7.10. The van der Waals surface area contributed by atoms with Crippen molar-refractivity contribution in [3.8, 4) is 0 Å². The Labute approximate surface area is 139 Å². The molecular weight excluding hydrogens is 316 g/mol. The summed E-state index contributed by atoms with van der Waals surface area (Å²) < 4.78 is 5.34. The number of carbonyl (C=O) groups excluding carboxylic acids is 1. The second-order valence-electron chi connectivity index (χ2n) is 5.72. The van der Waals surface area contributed by atoms with Gasteiger partial charge in [-0.1, -0.05) is 17.7 Å². The third kappa shape index (κ3) is 4.09. The van der Waals surface area contributed by atoms with Crippen molar-refractivity contribution in [1.82, 2.24) is 15.2 Å². The van der Waals surface area contributed by atoms with Crippen LogP contribution in [0.4, 0.5) is 5.69 Å². The lowest BCUT2D eigenvalue weighted by Crippen LogP contribution is -2.16. The summed E-state index contributed by atoms with van der Waals surface area (Å²) in [5.74, 6) is 1.50. The van der Waals surface area contributed by atoms with Crippen LogP contribution < -0.4 is 5.32 Å². The minimum absolute atomic E-state index is 0.153. The van der Waals surface area contributed by atoms with Gasteiger partial charge in [0.25, 0.3) is 0 Å². The van der Waals surface area contributed by atoms with Crippen molar-refractivity contribution in [3.05, 3.63) is 40.4 Å². The van der Waals surface area contributed by atoms with E-state index in [0.29, 0.717) is 22.5 Å². The molecule has 0 aliphatic carbocycles. The summed E-state index contributed by atoms with van der Waals surface area (Å²) in [4.78, 5) is 16.5. The molecule has 7 heteroatoms. The van der Waals surface area contributed by atoms with Gasteiger partial charge in [-0.3, -0.25) is 9.89 Å². The van der Waals surface area contributed by atoms with Crippen LogP contribution in [0.15, 0.2) is 18.2 Å². The lowest BCUT2D eigenvalue weighted by Gasteiger charge is -2.18. The van der Waals surface area contributed by atoms with Crippen molar-refractivity contribution in [1.29, 1.82) is 0 Å². The fourth-order valence-electron chi connectivity index (χ4n) is 2.56. The third-order valence-corrected chi connectivity index (χ3v) is 4.33. The molecule has 2 aromatic rings. The lowest BCUT2D eigenvalue weighted by atomic mass is 10.00. The summed E-state index contributed by atoms with van der Waals surface area (Å²) in [6, 6.07) is 5.44. The van der Waals surface area contributed by atoms with Gasteiger partial charge in [0, 0.05) is 29.8 Å². The summed E-state index contributed by atoms with van der Waals surface area (Å²) in [6.07, 6.45) is 2.00. The number of amides is 1. The van der Waals surface area contributed by atoms with Gasteiger partial charge in [0.2, 0.25) is 5.91 Å². The Morgan fingerprint density at radius 2 is 2.22 bits per heavy atom. The minimum atomic E-state index is -0.153. The van der Waals surface area contributed by atoms with Gasteiger partial charge in [-0.05, 0) is 37.5 Å². The molecule has 1 aliphatic rings. The number of anilines is 1. The topological polar surface area (TPSA) is 79.9 Å². The van der Waals surface area contributed by atoms with E-state index in [-0.39, 0.29) is 12.3 Å². The summed E-state index contributed by atoms with van der Waals surface area (Å²) in [6.45, 7) is 3.40. The van der Waals surface area contributed by atoms with Crippen LogP contribution in [-0.2, 0) is 16.0 Å². The normalized spacial score (nSPS) is 15.6. The highest BCUT2D eigenvalue weighted by molar-refractivity contribution is 6.31. The van der Waals surface area contributed by atoms with Gasteiger partial charge >= 0.3 is 0 Å². The van der Waals surface area contributed by atoms with Gasteiger partial charge < -0.3 is 10.1 Å². The molecule has 1 amide bonds. The van der Waals surface area contributed by atoms with Crippen molar-refractivity contribution in [2.24, 2.45) is 0 Å². The molecule has 6 nitrogen and oxygen atoms in total. The van der Waals surface area contributed by atoms with Crippen molar-refractivity contribution in [2.75, 3.05) is 18.5 Å². The van der Waals surface area contributed by atoms with Crippen LogP contribution in [0.3, 0.4) is 0 Å². The molecule has 0 unspecified atom stereocenters. The predicted molar refractivity (Wildman–Crippen MR) is 87.7 cm³/mol. The maximum Gasteiger partial charge on any atom is 0.232 e. The van der Waals surface area contributed by atoms with E-state index in [4.69, 9.17) is 16.3 Å². The molecule has 0 radical (unpaired) electrons. The Hall–Kier alpha value is -1.92. The fourth-order valence-corrected chi connectivity index (χ4v) is 2.74. The number of H-pyrrole nitrogens is 1. The first-order chi connectivity index (χ1) is 11.1. The monoisotopic (exact) mass is 334 g/mol. The molecule has 2 heterocycles. The molecule has 1 aromatic heterocycles. The Morgan fingerprint density at radius 1 is 1.43 bits per heavy atom. The first kappa shape index (κ1) is 16.0. The van der Waals surface area contributed by atoms with Gasteiger partial charge in [-0.25, -0.2) is 4.98 Å². The fraction of sp³-hybridized carbons (Fsp3) is 0.438. The van der Waals surface area contributed by atoms with E-state index in [1.165, 1.54) is 0 Å². The molecule has 3 rings (SSSR count). The van der Waals surface area contributed by atoms with Crippen LogP contribution in [-0.4, -0.2) is 34.3 Å². The van der Waals surface area contributed by atoms with Crippen LogP contribution in [0.5, 0.6) is 0 Å². The standard InChI is InChI=1S/C16H19ClN4O2/c1-10-2-3-12(8-13(10)17)18-15(22)9-14-19-16(21-20-14)11-4-6-23-7-5-11/h2-3,8,11H,4-7,9H2,1H3,(H,18,22)(H,19,20,21). The number of carbonyl (C=O) groups is 1. The maximum atomic E-state index is 12.1. The zero-order chi connectivity index (χ0) is 16.2. The van der Waals surface area contributed by atoms with Gasteiger partial charge in [0.1, 0.15) is 5.82 Å². The number of nitrogens with zero attached hydrogens (tertiary/aromatic N) is 2. The largest absolute Gasteiger partial charge is 0.381 e. The molecule has 122 valence electrons. The van der Waals surface area contributed by atoms with Crippen molar-refractivity contribution < 1.29 is 9.53 Å². The van der Waals surface area contributed by atoms with E-state index in [9.17, 15) is 4.79 Å². The second-order valence-corrected chi connectivity index (χ2v) is 6.12. The highest BCUT2D eigenvalue weighted by Gasteiger charge is 2.20. The van der Waals surface area contributed by atoms with Crippen LogP contribution in [0.2, 0.25) is 5.02 Å². The molecule has 0 spiro atoms. The summed E-state index contributed by atoms with van der Waals surface area (Å²) in [7, 11) is 0. The first-order valence-corrected chi connectivity index (χ1v) is 8.04. The van der Waals surface area contributed by atoms with Gasteiger partial charge in [-0.2, -0.15) is 5.10 Å². The zero-order valence-corrected chi connectivity index (χ0v) is 13.7. The number of aryl methyl sites for hydroxylation is 1. The van der Waals surface area contributed by atoms with Crippen molar-refractivity contribution >= 4 is 23.2 Å². The average Bonchev–Trinajstić information content (AvgIpc) is 3.00. The molecular formula is C16H19ClN4O2. The molecule has 2 N–H and O–H groups in total. The molecule has 1 saturated heterocycles. The number of hydrogen-bond acceptors (Lipinski definition) is 4. The van der Waals surface area contributed by atoms with Crippen LogP contribution in [0, 0.1) is 6.92 Å². The number of benzene rings is 1. The Morgan fingerprint density at radius 3 is 2.96 bits per heavy atom. The van der Waals surface area contributed by atoms with E-state index >= 15 is 0 Å². The highest BCUT2D eigenvalue weighted by atomic mass is 35.5. The molecule has 0 saturated carbocycles. The zero-order valence-electron chi connectivity index (χ0n) is 12.9. The van der Waals surface area contributed by atoms with Gasteiger partial charge in [0.05, 0.1) is 6.42 Å². The van der Waals surface area contributed by atoms with E-state index in [1.807, 2.05) is 19.1 Å². The smallest absolute Gasteiger partial charge is 0.232 e. The van der Waals surface area contributed by atoms with Crippen molar-refractivity contribution in [3.63, 3.8) is 0 Å². The van der Waals surface area contributed by atoms with Crippen molar-refractivity contribution in [2.45, 2.75) is 32.1 Å². The minimum Gasteiger partial charge on any atom is -0.381 e. The number of aromatic amines is 1. The summed E-state index contributed by atoms with van der Waals surface area (Å²) >= 11 is 6.06. The maximum absolute atomic E-state index is 12.1. The number of hydrogen-bond donors (Lipinski definition) is 2. The predicted octanol–water partition coefficient (Wildman–Crippen LogP) is 2.84. The number of rotatable bonds is 4. The van der Waals surface area contributed by atoms with E-state index in [2.05, 4.69) is 20.5 Å². The van der Waals surface area contributed by atoms with Crippen LogP contribution in [0.25, 0.3) is 0 Å². The average molecular weight is 335 g/mol. The quantitative estimate of drug-likeness (QED) is 0.901. The van der Waals surface area contributed by atoms with Crippen LogP contribution >= 0.6 is 11.6 Å². The SMILES string of the molecule is Cc1ccc(NC(=O)Cc2nc(C3CCOCC3)n[nH]2)cc1Cl. The third-order valence-electron chi connectivity index (χ3n) is 3.92. The molecule has 1 fully saturated rings. The molecule has 1 aliphatic heterocycles. The highest BCUT2D eigenvalue weighted by Crippen LogP contribution is 2.24. The summed E-state index contributed by atoms with van der Waals surface area (Å²) in [5, 5.41) is 10.5. The molecule has 0 atom stereocenters. The van der Waals surface area contributed by atoms with E-state index in [1.54, 1.807) is 6.07 Å². The molecule has 0 bridgehead atoms. The Kier molecular flexibility index (Phi) is 4.93. The van der Waals surface area contributed by atoms with E-state index < -0.39 is 0 Å². The lowest BCUT2D eigenvalue weighted by molar-refractivity contribution is -0.115.